The minimum Gasteiger partial charge on any atom is -0.277 e. The first-order valence-electron chi connectivity index (χ1n) is 10.1. The van der Waals surface area contributed by atoms with Crippen LogP contribution in [0, 0.1) is 10.1 Å². The van der Waals surface area contributed by atoms with Gasteiger partial charge in [-0.3, -0.25) is 25.2 Å². The van der Waals surface area contributed by atoms with Crippen molar-refractivity contribution >= 4 is 45.0 Å². The molecule has 3 aromatic rings. The maximum absolute atomic E-state index is 13.3. The smallest absolute Gasteiger partial charge is 0.277 e. The Labute approximate surface area is 193 Å². The van der Waals surface area contributed by atoms with Gasteiger partial charge in [-0.15, -0.1) is 0 Å². The summed E-state index contributed by atoms with van der Waals surface area (Å²) in [6, 6.07) is 24.8. The molecule has 1 unspecified atom stereocenters. The predicted molar refractivity (Wildman–Crippen MR) is 130 cm³/mol. The Morgan fingerprint density at radius 2 is 1.64 bits per heavy atom. The summed E-state index contributed by atoms with van der Waals surface area (Å²) in [5, 5.41) is 16.2. The van der Waals surface area contributed by atoms with Gasteiger partial charge in [-0.25, -0.2) is 4.99 Å². The molecule has 3 aromatic carbocycles. The number of non-ortho nitro benzene ring substituents is 1. The summed E-state index contributed by atoms with van der Waals surface area (Å²) >= 11 is 1.19. The molecule has 1 fully saturated rings. The van der Waals surface area contributed by atoms with E-state index in [1.165, 1.54) is 23.9 Å². The standard InChI is InChI=1S/C24H17N5O3S/c30-23-22(27-26-18-9-5-2-6-10-18)33-24-25-20(16-7-3-1-4-8-16)15-21(28(23)24)17-11-13-19(14-12-17)29(31)32/h1-15,21,26H/b27-22+. The van der Waals surface area contributed by atoms with Crippen molar-refractivity contribution in [1.29, 1.82) is 0 Å². The molecular weight excluding hydrogens is 438 g/mol. The molecule has 0 saturated carbocycles. The van der Waals surface area contributed by atoms with Gasteiger partial charge in [0.2, 0.25) is 0 Å². The molecule has 2 heterocycles. The number of nitro benzene ring substituents is 1. The van der Waals surface area contributed by atoms with E-state index < -0.39 is 11.0 Å². The third-order valence-electron chi connectivity index (χ3n) is 5.18. The largest absolute Gasteiger partial charge is 0.288 e. The van der Waals surface area contributed by atoms with Crippen LogP contribution in [0.3, 0.4) is 0 Å². The van der Waals surface area contributed by atoms with Crippen molar-refractivity contribution in [3.63, 3.8) is 0 Å². The Morgan fingerprint density at radius 3 is 2.30 bits per heavy atom. The molecule has 8 nitrogen and oxygen atoms in total. The molecule has 1 N–H and O–H groups in total. The monoisotopic (exact) mass is 455 g/mol. The van der Waals surface area contributed by atoms with Gasteiger partial charge in [-0.05, 0) is 53.2 Å². The van der Waals surface area contributed by atoms with E-state index in [0.717, 1.165) is 22.5 Å². The second kappa shape index (κ2) is 8.71. The highest BCUT2D eigenvalue weighted by Crippen LogP contribution is 2.39. The topological polar surface area (TPSA) is 100 Å². The zero-order valence-corrected chi connectivity index (χ0v) is 18.0. The second-order valence-electron chi connectivity index (χ2n) is 7.28. The molecule has 0 radical (unpaired) electrons. The molecule has 2 aliphatic heterocycles. The number of rotatable bonds is 5. The van der Waals surface area contributed by atoms with Crippen LogP contribution in [-0.4, -0.2) is 25.9 Å². The minimum atomic E-state index is -0.474. The highest BCUT2D eigenvalue weighted by molar-refractivity contribution is 8.29. The fourth-order valence-corrected chi connectivity index (χ4v) is 4.45. The molecule has 33 heavy (non-hydrogen) atoms. The van der Waals surface area contributed by atoms with Gasteiger partial charge in [0, 0.05) is 12.1 Å². The lowest BCUT2D eigenvalue weighted by Gasteiger charge is -2.29. The van der Waals surface area contributed by atoms with Crippen LogP contribution < -0.4 is 5.43 Å². The van der Waals surface area contributed by atoms with E-state index in [-0.39, 0.29) is 16.6 Å². The molecule has 0 spiro atoms. The SMILES string of the molecule is O=C1/C(=N\Nc2ccccc2)SC2=NC(c3ccccc3)=CC(c3ccc([N+](=O)[O-])cc3)N12. The van der Waals surface area contributed by atoms with E-state index in [1.54, 1.807) is 17.0 Å². The average molecular weight is 455 g/mol. The van der Waals surface area contributed by atoms with Crippen LogP contribution in [0.2, 0.25) is 0 Å². The minimum absolute atomic E-state index is 0.00727. The van der Waals surface area contributed by atoms with E-state index in [1.807, 2.05) is 66.7 Å². The summed E-state index contributed by atoms with van der Waals surface area (Å²) in [7, 11) is 0. The Balaban J connectivity index is 1.52. The van der Waals surface area contributed by atoms with Gasteiger partial charge in [0.15, 0.2) is 10.2 Å². The quantitative estimate of drug-likeness (QED) is 0.429. The summed E-state index contributed by atoms with van der Waals surface area (Å²) in [6.07, 6.45) is 1.89. The van der Waals surface area contributed by atoms with Gasteiger partial charge in [-0.2, -0.15) is 5.10 Å². The van der Waals surface area contributed by atoms with Crippen LogP contribution in [0.1, 0.15) is 17.2 Å². The van der Waals surface area contributed by atoms with Gasteiger partial charge in [-0.1, -0.05) is 48.5 Å². The van der Waals surface area contributed by atoms with Gasteiger partial charge >= 0.3 is 0 Å². The predicted octanol–water partition coefficient (Wildman–Crippen LogP) is 5.05. The van der Waals surface area contributed by atoms with E-state index in [9.17, 15) is 14.9 Å². The van der Waals surface area contributed by atoms with Crippen molar-refractivity contribution in [3.8, 4) is 0 Å². The summed E-state index contributed by atoms with van der Waals surface area (Å²) in [5.41, 5.74) is 6.06. The van der Waals surface area contributed by atoms with E-state index in [2.05, 4.69) is 10.5 Å². The van der Waals surface area contributed by atoms with Crippen LogP contribution in [0.5, 0.6) is 0 Å². The van der Waals surface area contributed by atoms with E-state index >= 15 is 0 Å². The molecule has 2 aliphatic rings. The third-order valence-corrected chi connectivity index (χ3v) is 6.11. The number of hydrogen-bond acceptors (Lipinski definition) is 7. The van der Waals surface area contributed by atoms with Crippen LogP contribution in [0.4, 0.5) is 11.4 Å². The number of hydrazone groups is 1. The molecule has 1 saturated heterocycles. The highest BCUT2D eigenvalue weighted by Gasteiger charge is 2.42. The maximum Gasteiger partial charge on any atom is 0.288 e. The summed E-state index contributed by atoms with van der Waals surface area (Å²) < 4.78 is 0. The van der Waals surface area contributed by atoms with Gasteiger partial charge in [0.05, 0.1) is 22.3 Å². The summed E-state index contributed by atoms with van der Waals surface area (Å²) in [6.45, 7) is 0. The number of nitro groups is 1. The first-order valence-corrected chi connectivity index (χ1v) is 10.9. The van der Waals surface area contributed by atoms with E-state index in [4.69, 9.17) is 4.99 Å². The van der Waals surface area contributed by atoms with Crippen molar-refractivity contribution in [3.05, 3.63) is 112 Å². The zero-order valence-electron chi connectivity index (χ0n) is 17.2. The van der Waals surface area contributed by atoms with Crippen LogP contribution in [-0.2, 0) is 4.79 Å². The first-order chi connectivity index (χ1) is 16.1. The Morgan fingerprint density at radius 1 is 0.970 bits per heavy atom. The Hall–Kier alpha value is -4.24. The number of nitrogens with one attached hydrogen (secondary N) is 1. The molecule has 5 rings (SSSR count). The third kappa shape index (κ3) is 4.13. The number of hydrogen-bond donors (Lipinski definition) is 1. The molecule has 0 aromatic heterocycles. The zero-order chi connectivity index (χ0) is 22.8. The van der Waals surface area contributed by atoms with Crippen molar-refractivity contribution in [2.75, 3.05) is 5.43 Å². The molecule has 1 atom stereocenters. The first kappa shape index (κ1) is 20.7. The number of benzene rings is 3. The lowest BCUT2D eigenvalue weighted by atomic mass is 10.0. The summed E-state index contributed by atoms with van der Waals surface area (Å²) in [5.74, 6) is -0.283. The lowest BCUT2D eigenvalue weighted by Crippen LogP contribution is -2.36. The second-order valence-corrected chi connectivity index (χ2v) is 8.23. The molecule has 9 heteroatoms. The number of fused-ring (bicyclic) bond motifs is 1. The van der Waals surface area contributed by atoms with Crippen molar-refractivity contribution in [1.82, 2.24) is 4.90 Å². The lowest BCUT2D eigenvalue weighted by molar-refractivity contribution is -0.384. The number of thioether (sulfide) groups is 1. The number of amides is 1. The molecular formula is C24H17N5O3S. The van der Waals surface area contributed by atoms with Crippen molar-refractivity contribution in [2.45, 2.75) is 6.04 Å². The molecule has 0 aliphatic carbocycles. The number of anilines is 1. The fourth-order valence-electron chi connectivity index (χ4n) is 3.56. The van der Waals surface area contributed by atoms with Gasteiger partial charge in [0.25, 0.3) is 11.6 Å². The number of carbonyl (C=O) groups excluding carboxylic acids is 1. The van der Waals surface area contributed by atoms with Crippen LogP contribution >= 0.6 is 11.8 Å². The van der Waals surface area contributed by atoms with Crippen molar-refractivity contribution in [2.24, 2.45) is 10.1 Å². The van der Waals surface area contributed by atoms with Gasteiger partial charge in [0.1, 0.15) is 0 Å². The fraction of sp³-hybridized carbons (Fsp3) is 0.0417. The average Bonchev–Trinajstić information content (AvgIpc) is 3.18. The van der Waals surface area contributed by atoms with E-state index in [0.29, 0.717) is 5.17 Å². The number of para-hydroxylation sites is 1. The Kier molecular flexibility index (Phi) is 5.45. The highest BCUT2D eigenvalue weighted by atomic mass is 32.2. The van der Waals surface area contributed by atoms with Crippen molar-refractivity contribution < 1.29 is 9.72 Å². The number of carbonyl (C=O) groups is 1. The molecule has 1 amide bonds. The number of nitrogens with zero attached hydrogens (tertiary/aromatic N) is 4. The maximum atomic E-state index is 13.3. The normalized spacial score (nSPS) is 18.5. The van der Waals surface area contributed by atoms with Crippen LogP contribution in [0.15, 0.2) is 101 Å². The molecule has 162 valence electrons. The number of aliphatic imine (C=N–C) groups is 1. The van der Waals surface area contributed by atoms with Gasteiger partial charge < -0.3 is 0 Å². The van der Waals surface area contributed by atoms with Crippen LogP contribution in [0.25, 0.3) is 5.70 Å². The Bertz CT molecular complexity index is 1300. The summed E-state index contributed by atoms with van der Waals surface area (Å²) in [4.78, 5) is 30.2. The number of amidine groups is 1. The molecule has 0 bridgehead atoms.